The van der Waals surface area contributed by atoms with Gasteiger partial charge < -0.3 is 10.1 Å². The Balaban J connectivity index is 1.61. The Labute approximate surface area is 173 Å². The number of methoxy groups -OCH3 is 1. The highest BCUT2D eigenvalue weighted by Gasteiger charge is 2.16. The number of rotatable bonds is 5. The first-order valence-electron chi connectivity index (χ1n) is 9.29. The number of hydrogen-bond acceptors (Lipinski definition) is 5. The molecule has 6 nitrogen and oxygen atoms in total. The van der Waals surface area contributed by atoms with Crippen molar-refractivity contribution in [3.63, 3.8) is 0 Å². The topological polar surface area (TPSA) is 68.5 Å². The zero-order valence-corrected chi connectivity index (χ0v) is 17.6. The second-order valence-electron chi connectivity index (χ2n) is 6.98. The molecule has 4 rings (SSSR count). The fourth-order valence-electron chi connectivity index (χ4n) is 3.35. The van der Waals surface area contributed by atoms with Crippen LogP contribution in [0.3, 0.4) is 0 Å². The molecule has 4 aromatic rings. The van der Waals surface area contributed by atoms with E-state index in [4.69, 9.17) is 4.74 Å². The molecule has 0 spiro atoms. The lowest BCUT2D eigenvalue weighted by atomic mass is 10.0. The van der Waals surface area contributed by atoms with Gasteiger partial charge in [-0.05, 0) is 73.2 Å². The smallest absolute Gasteiger partial charge is 0.234 e. The van der Waals surface area contributed by atoms with Crippen molar-refractivity contribution in [2.24, 2.45) is 0 Å². The molecule has 148 valence electrons. The Morgan fingerprint density at radius 2 is 1.83 bits per heavy atom. The maximum Gasteiger partial charge on any atom is 0.234 e. The highest BCUT2D eigenvalue weighted by molar-refractivity contribution is 7.99. The number of carbonyl (C=O) groups excluding carboxylic acids is 1. The van der Waals surface area contributed by atoms with Gasteiger partial charge in [-0.2, -0.15) is 0 Å². The molecule has 0 atom stereocenters. The van der Waals surface area contributed by atoms with Gasteiger partial charge in [-0.25, -0.2) is 0 Å². The van der Waals surface area contributed by atoms with Gasteiger partial charge in [-0.15, -0.1) is 10.2 Å². The summed E-state index contributed by atoms with van der Waals surface area (Å²) in [6, 6.07) is 13.6. The molecule has 1 N–H and O–H groups in total. The molecule has 2 aromatic carbocycles. The van der Waals surface area contributed by atoms with Crippen LogP contribution in [0.5, 0.6) is 5.75 Å². The molecule has 0 aliphatic heterocycles. The average Bonchev–Trinajstić information content (AvgIpc) is 3.14. The second kappa shape index (κ2) is 7.75. The van der Waals surface area contributed by atoms with Crippen LogP contribution in [-0.2, 0) is 4.79 Å². The summed E-state index contributed by atoms with van der Waals surface area (Å²) in [5, 5.41) is 13.5. The predicted octanol–water partition coefficient (Wildman–Crippen LogP) is 4.55. The molecule has 0 saturated heterocycles. The van der Waals surface area contributed by atoms with Crippen LogP contribution in [0.25, 0.3) is 16.6 Å². The van der Waals surface area contributed by atoms with Crippen molar-refractivity contribution in [2.45, 2.75) is 25.9 Å². The first-order valence-corrected chi connectivity index (χ1v) is 10.3. The van der Waals surface area contributed by atoms with Crippen LogP contribution in [0.2, 0.25) is 0 Å². The van der Waals surface area contributed by atoms with Gasteiger partial charge in [0, 0.05) is 5.69 Å². The molecular weight excluding hydrogens is 384 g/mol. The Morgan fingerprint density at radius 3 is 2.55 bits per heavy atom. The lowest BCUT2D eigenvalue weighted by molar-refractivity contribution is -0.113. The monoisotopic (exact) mass is 406 g/mol. The van der Waals surface area contributed by atoms with E-state index in [1.54, 1.807) is 7.11 Å². The number of ether oxygens (including phenoxy) is 1. The van der Waals surface area contributed by atoms with E-state index in [0.29, 0.717) is 5.16 Å². The molecule has 0 unspecified atom stereocenters. The van der Waals surface area contributed by atoms with Crippen molar-refractivity contribution in [2.75, 3.05) is 18.2 Å². The summed E-state index contributed by atoms with van der Waals surface area (Å²) >= 11 is 1.38. The van der Waals surface area contributed by atoms with Crippen LogP contribution in [-0.4, -0.2) is 33.4 Å². The maximum absolute atomic E-state index is 12.4. The van der Waals surface area contributed by atoms with Crippen LogP contribution in [0.4, 0.5) is 5.69 Å². The van der Waals surface area contributed by atoms with Crippen LogP contribution in [0.1, 0.15) is 16.7 Å². The zero-order chi connectivity index (χ0) is 20.5. The first kappa shape index (κ1) is 19.3. The van der Waals surface area contributed by atoms with E-state index in [2.05, 4.69) is 52.0 Å². The summed E-state index contributed by atoms with van der Waals surface area (Å²) in [6.07, 6.45) is 0. The summed E-state index contributed by atoms with van der Waals surface area (Å²) in [5.74, 6) is 0.898. The lowest BCUT2D eigenvalue weighted by Gasteiger charge is -2.11. The van der Waals surface area contributed by atoms with E-state index in [0.717, 1.165) is 33.6 Å². The van der Waals surface area contributed by atoms with E-state index in [1.807, 2.05) is 31.2 Å². The van der Waals surface area contributed by atoms with E-state index >= 15 is 0 Å². The molecule has 0 aliphatic rings. The summed E-state index contributed by atoms with van der Waals surface area (Å²) in [7, 11) is 1.61. The number of amides is 1. The minimum atomic E-state index is -0.0956. The Bertz CT molecular complexity index is 1220. The predicted molar refractivity (Wildman–Crippen MR) is 117 cm³/mol. The van der Waals surface area contributed by atoms with E-state index in [1.165, 1.54) is 22.9 Å². The number of aryl methyl sites for hydroxylation is 3. The van der Waals surface area contributed by atoms with Gasteiger partial charge in [0.2, 0.25) is 5.91 Å². The normalized spacial score (nSPS) is 11.2. The highest BCUT2D eigenvalue weighted by Crippen LogP contribution is 2.29. The van der Waals surface area contributed by atoms with Crippen molar-refractivity contribution in [1.29, 1.82) is 0 Å². The third-order valence-electron chi connectivity index (χ3n) is 5.02. The van der Waals surface area contributed by atoms with Gasteiger partial charge in [0.25, 0.3) is 0 Å². The van der Waals surface area contributed by atoms with Gasteiger partial charge in [-0.1, -0.05) is 23.9 Å². The largest absolute Gasteiger partial charge is 0.497 e. The summed E-state index contributed by atoms with van der Waals surface area (Å²) in [5.41, 5.74) is 6.11. The lowest BCUT2D eigenvalue weighted by Crippen LogP contribution is -2.14. The van der Waals surface area contributed by atoms with Gasteiger partial charge in [0.05, 0.1) is 18.4 Å². The Morgan fingerprint density at radius 1 is 1.07 bits per heavy atom. The number of aromatic nitrogens is 3. The van der Waals surface area contributed by atoms with Gasteiger partial charge in [0.15, 0.2) is 10.8 Å². The van der Waals surface area contributed by atoms with Crippen molar-refractivity contribution in [3.05, 3.63) is 59.2 Å². The van der Waals surface area contributed by atoms with Crippen molar-refractivity contribution in [3.8, 4) is 5.75 Å². The van der Waals surface area contributed by atoms with Crippen LogP contribution in [0.15, 0.2) is 47.6 Å². The second-order valence-corrected chi connectivity index (χ2v) is 7.92. The molecule has 0 bridgehead atoms. The van der Waals surface area contributed by atoms with Crippen molar-refractivity contribution >= 4 is 39.9 Å². The molecule has 0 radical (unpaired) electrons. The minimum Gasteiger partial charge on any atom is -0.497 e. The molecule has 2 aromatic heterocycles. The first-order chi connectivity index (χ1) is 14.0. The fourth-order valence-corrected chi connectivity index (χ4v) is 4.09. The third kappa shape index (κ3) is 3.65. The molecule has 7 heteroatoms. The van der Waals surface area contributed by atoms with Crippen molar-refractivity contribution in [1.82, 2.24) is 14.6 Å². The standard InChI is InChI=1S/C22H22N4O2S/c1-13-5-6-16-11-14(2)21-24-25-22(26(21)20(16)15(13)3)29-12-19(27)23-17-7-9-18(28-4)10-8-17/h5-11H,12H2,1-4H3,(H,23,27). The molecule has 29 heavy (non-hydrogen) atoms. The van der Waals surface area contributed by atoms with Gasteiger partial charge in [-0.3, -0.25) is 9.20 Å². The number of anilines is 1. The molecule has 1 amide bonds. The summed E-state index contributed by atoms with van der Waals surface area (Å²) in [6.45, 7) is 6.24. The number of benzene rings is 2. The van der Waals surface area contributed by atoms with Crippen LogP contribution >= 0.6 is 11.8 Å². The van der Waals surface area contributed by atoms with Crippen LogP contribution < -0.4 is 10.1 Å². The minimum absolute atomic E-state index is 0.0956. The average molecular weight is 407 g/mol. The van der Waals surface area contributed by atoms with E-state index in [-0.39, 0.29) is 11.7 Å². The summed E-state index contributed by atoms with van der Waals surface area (Å²) in [4.78, 5) is 12.4. The molecule has 0 aliphatic carbocycles. The Kier molecular flexibility index (Phi) is 5.15. The highest BCUT2D eigenvalue weighted by atomic mass is 32.2. The number of nitrogens with zero attached hydrogens (tertiary/aromatic N) is 3. The third-order valence-corrected chi connectivity index (χ3v) is 5.95. The summed E-state index contributed by atoms with van der Waals surface area (Å²) < 4.78 is 7.21. The van der Waals surface area contributed by atoms with E-state index < -0.39 is 0 Å². The number of pyridine rings is 1. The van der Waals surface area contributed by atoms with E-state index in [9.17, 15) is 4.79 Å². The Hall–Kier alpha value is -3.06. The maximum atomic E-state index is 12.4. The molecule has 0 fully saturated rings. The number of hydrogen-bond donors (Lipinski definition) is 1. The quantitative estimate of drug-likeness (QED) is 0.493. The number of nitrogens with one attached hydrogen (secondary N) is 1. The number of fused-ring (bicyclic) bond motifs is 3. The van der Waals surface area contributed by atoms with Gasteiger partial charge in [0.1, 0.15) is 5.75 Å². The fraction of sp³-hybridized carbons (Fsp3) is 0.227. The van der Waals surface area contributed by atoms with Crippen molar-refractivity contribution < 1.29 is 9.53 Å². The number of thioether (sulfide) groups is 1. The van der Waals surface area contributed by atoms with Crippen LogP contribution in [0, 0.1) is 20.8 Å². The molecule has 0 saturated carbocycles. The molecule has 2 heterocycles. The zero-order valence-electron chi connectivity index (χ0n) is 16.8. The molecular formula is C22H22N4O2S. The number of carbonyl (C=O) groups is 1. The SMILES string of the molecule is COc1ccc(NC(=O)CSc2nnc3c(C)cc4ccc(C)c(C)c4n23)cc1. The van der Waals surface area contributed by atoms with Gasteiger partial charge >= 0.3 is 0 Å².